The van der Waals surface area contributed by atoms with Crippen molar-refractivity contribution in [3.8, 4) is 0 Å². The summed E-state index contributed by atoms with van der Waals surface area (Å²) in [5.74, 6) is 0.893. The zero-order valence-corrected chi connectivity index (χ0v) is 11.2. The SMILES string of the molecule is CNCc1ccoc1COCCCOCCOC. The number of hydrogen-bond acceptors (Lipinski definition) is 5. The largest absolute Gasteiger partial charge is 0.467 e. The van der Waals surface area contributed by atoms with Crippen LogP contribution in [0.5, 0.6) is 0 Å². The Morgan fingerprint density at radius 2 is 2.00 bits per heavy atom. The summed E-state index contributed by atoms with van der Waals surface area (Å²) in [6, 6.07) is 1.96. The van der Waals surface area contributed by atoms with Gasteiger partial charge in [0.2, 0.25) is 0 Å². The first-order valence-corrected chi connectivity index (χ1v) is 6.22. The maximum absolute atomic E-state index is 5.54. The van der Waals surface area contributed by atoms with Crippen LogP contribution in [0.4, 0.5) is 0 Å². The summed E-state index contributed by atoms with van der Waals surface area (Å²) < 4.78 is 21.1. The average molecular weight is 257 g/mol. The Morgan fingerprint density at radius 1 is 1.17 bits per heavy atom. The molecule has 0 aliphatic carbocycles. The van der Waals surface area contributed by atoms with Gasteiger partial charge in [0.25, 0.3) is 0 Å². The minimum Gasteiger partial charge on any atom is -0.467 e. The second-order valence-corrected chi connectivity index (χ2v) is 3.91. The minimum atomic E-state index is 0.516. The van der Waals surface area contributed by atoms with Gasteiger partial charge in [-0.25, -0.2) is 0 Å². The first-order valence-electron chi connectivity index (χ1n) is 6.22. The van der Waals surface area contributed by atoms with E-state index < -0.39 is 0 Å². The molecule has 0 radical (unpaired) electrons. The van der Waals surface area contributed by atoms with E-state index in [-0.39, 0.29) is 0 Å². The highest BCUT2D eigenvalue weighted by Gasteiger charge is 2.05. The van der Waals surface area contributed by atoms with Crippen LogP contribution in [0, 0.1) is 0 Å². The van der Waals surface area contributed by atoms with Gasteiger partial charge in [0.1, 0.15) is 12.4 Å². The predicted octanol–water partition coefficient (Wildman–Crippen LogP) is 1.57. The molecule has 0 saturated carbocycles. The lowest BCUT2D eigenvalue weighted by Crippen LogP contribution is -2.08. The summed E-state index contributed by atoms with van der Waals surface area (Å²) in [7, 11) is 3.58. The van der Waals surface area contributed by atoms with E-state index in [0.29, 0.717) is 33.0 Å². The third-order valence-electron chi connectivity index (χ3n) is 2.45. The molecule has 0 saturated heterocycles. The van der Waals surface area contributed by atoms with Gasteiger partial charge in [0.05, 0.1) is 19.5 Å². The third-order valence-corrected chi connectivity index (χ3v) is 2.45. The van der Waals surface area contributed by atoms with Gasteiger partial charge in [0, 0.05) is 32.4 Å². The number of furan rings is 1. The standard InChI is InChI=1S/C13H23NO4/c1-14-10-12-4-7-18-13(12)11-17-6-3-5-16-9-8-15-2/h4,7,14H,3,5-6,8-11H2,1-2H3. The summed E-state index contributed by atoms with van der Waals surface area (Å²) in [6.07, 6.45) is 2.57. The van der Waals surface area contributed by atoms with Crippen molar-refractivity contribution < 1.29 is 18.6 Å². The van der Waals surface area contributed by atoms with Crippen LogP contribution in [-0.4, -0.2) is 40.6 Å². The first-order chi connectivity index (χ1) is 8.88. The van der Waals surface area contributed by atoms with E-state index in [4.69, 9.17) is 18.6 Å². The average Bonchev–Trinajstić information content (AvgIpc) is 2.81. The van der Waals surface area contributed by atoms with Crippen LogP contribution in [0.1, 0.15) is 17.7 Å². The van der Waals surface area contributed by atoms with E-state index >= 15 is 0 Å². The predicted molar refractivity (Wildman–Crippen MR) is 68.4 cm³/mol. The van der Waals surface area contributed by atoms with Gasteiger partial charge < -0.3 is 23.9 Å². The molecule has 0 fully saturated rings. The molecule has 0 aliphatic rings. The molecule has 1 rings (SSSR count). The molecule has 1 aromatic rings. The molecule has 5 nitrogen and oxygen atoms in total. The minimum absolute atomic E-state index is 0.516. The number of hydrogen-bond donors (Lipinski definition) is 1. The highest BCUT2D eigenvalue weighted by molar-refractivity contribution is 5.15. The fourth-order valence-electron chi connectivity index (χ4n) is 1.51. The first kappa shape index (κ1) is 15.2. The van der Waals surface area contributed by atoms with Crippen LogP contribution < -0.4 is 5.32 Å². The summed E-state index contributed by atoms with van der Waals surface area (Å²) in [5.41, 5.74) is 1.15. The molecule has 0 aliphatic heterocycles. The number of rotatable bonds is 11. The molecule has 0 atom stereocenters. The highest BCUT2D eigenvalue weighted by Crippen LogP contribution is 2.11. The van der Waals surface area contributed by atoms with Gasteiger partial charge >= 0.3 is 0 Å². The third kappa shape index (κ3) is 6.16. The van der Waals surface area contributed by atoms with Crippen LogP contribution in [0.3, 0.4) is 0 Å². The molecule has 18 heavy (non-hydrogen) atoms. The van der Waals surface area contributed by atoms with Gasteiger partial charge in [-0.3, -0.25) is 0 Å². The smallest absolute Gasteiger partial charge is 0.133 e. The van der Waals surface area contributed by atoms with Gasteiger partial charge in [-0.05, 0) is 19.5 Å². The Kier molecular flexibility index (Phi) is 8.50. The molecule has 1 aromatic heterocycles. The molecule has 0 spiro atoms. The van der Waals surface area contributed by atoms with Crippen molar-refractivity contribution in [2.75, 3.05) is 40.6 Å². The maximum Gasteiger partial charge on any atom is 0.133 e. The number of nitrogens with one attached hydrogen (secondary N) is 1. The van der Waals surface area contributed by atoms with Crippen molar-refractivity contribution in [2.24, 2.45) is 0 Å². The van der Waals surface area contributed by atoms with Crippen molar-refractivity contribution in [3.63, 3.8) is 0 Å². The van der Waals surface area contributed by atoms with E-state index in [2.05, 4.69) is 5.32 Å². The molecule has 0 aromatic carbocycles. The van der Waals surface area contributed by atoms with Crippen LogP contribution in [0.25, 0.3) is 0 Å². The van der Waals surface area contributed by atoms with Gasteiger partial charge in [-0.15, -0.1) is 0 Å². The molecular formula is C13H23NO4. The summed E-state index contributed by atoms with van der Waals surface area (Å²) in [5, 5.41) is 3.09. The Hall–Kier alpha value is -0.880. The monoisotopic (exact) mass is 257 g/mol. The van der Waals surface area contributed by atoms with E-state index in [0.717, 1.165) is 24.3 Å². The zero-order valence-electron chi connectivity index (χ0n) is 11.2. The fraction of sp³-hybridized carbons (Fsp3) is 0.692. The Labute approximate surface area is 108 Å². The molecule has 0 bridgehead atoms. The highest BCUT2D eigenvalue weighted by atomic mass is 16.5. The van der Waals surface area contributed by atoms with E-state index in [1.807, 2.05) is 13.1 Å². The summed E-state index contributed by atoms with van der Waals surface area (Å²) in [4.78, 5) is 0. The van der Waals surface area contributed by atoms with Crippen molar-refractivity contribution in [1.82, 2.24) is 5.32 Å². The van der Waals surface area contributed by atoms with E-state index in [1.54, 1.807) is 13.4 Å². The van der Waals surface area contributed by atoms with Crippen molar-refractivity contribution >= 4 is 0 Å². The fourth-order valence-corrected chi connectivity index (χ4v) is 1.51. The normalized spacial score (nSPS) is 11.0. The Balaban J connectivity index is 2.01. The van der Waals surface area contributed by atoms with Crippen molar-refractivity contribution in [3.05, 3.63) is 23.7 Å². The van der Waals surface area contributed by atoms with Crippen LogP contribution in [-0.2, 0) is 27.4 Å². The van der Waals surface area contributed by atoms with Crippen molar-refractivity contribution in [1.29, 1.82) is 0 Å². The van der Waals surface area contributed by atoms with E-state index in [1.165, 1.54) is 0 Å². The van der Waals surface area contributed by atoms with Gasteiger partial charge in [-0.2, -0.15) is 0 Å². The van der Waals surface area contributed by atoms with Crippen LogP contribution in [0.2, 0.25) is 0 Å². The quantitative estimate of drug-likeness (QED) is 0.610. The van der Waals surface area contributed by atoms with Crippen molar-refractivity contribution in [2.45, 2.75) is 19.6 Å². The lowest BCUT2D eigenvalue weighted by atomic mass is 10.2. The molecule has 1 heterocycles. The summed E-state index contributed by atoms with van der Waals surface area (Å²) >= 11 is 0. The number of ether oxygens (including phenoxy) is 3. The topological polar surface area (TPSA) is 52.9 Å². The van der Waals surface area contributed by atoms with Crippen LogP contribution in [0.15, 0.2) is 16.7 Å². The molecule has 104 valence electrons. The molecule has 5 heteroatoms. The lowest BCUT2D eigenvalue weighted by molar-refractivity contribution is 0.0451. The molecule has 0 unspecified atom stereocenters. The molecular weight excluding hydrogens is 234 g/mol. The summed E-state index contributed by atoms with van der Waals surface area (Å²) in [6.45, 7) is 3.97. The lowest BCUT2D eigenvalue weighted by Gasteiger charge is -2.05. The van der Waals surface area contributed by atoms with E-state index in [9.17, 15) is 0 Å². The second kappa shape index (κ2) is 10.1. The molecule has 1 N–H and O–H groups in total. The number of methoxy groups -OCH3 is 1. The van der Waals surface area contributed by atoms with Crippen LogP contribution >= 0.6 is 0 Å². The Morgan fingerprint density at radius 3 is 2.78 bits per heavy atom. The van der Waals surface area contributed by atoms with Gasteiger partial charge in [0.15, 0.2) is 0 Å². The molecule has 0 amide bonds. The van der Waals surface area contributed by atoms with Gasteiger partial charge in [-0.1, -0.05) is 0 Å². The zero-order chi connectivity index (χ0) is 13.1. The second-order valence-electron chi connectivity index (χ2n) is 3.91. The Bertz CT molecular complexity index is 301. The maximum atomic E-state index is 5.54.